The number of nitrogens with two attached hydrogens (primary N) is 1. The second-order valence-corrected chi connectivity index (χ2v) is 5.11. The van der Waals surface area contributed by atoms with Crippen LogP contribution in [-0.2, 0) is 0 Å². The Morgan fingerprint density at radius 1 is 1.05 bits per heavy atom. The minimum atomic E-state index is -1.65. The maximum atomic E-state index is 9.99. The van der Waals surface area contributed by atoms with Gasteiger partial charge in [-0.3, -0.25) is 5.32 Å². The molecule has 7 nitrogen and oxygen atoms in total. The van der Waals surface area contributed by atoms with E-state index in [1.165, 1.54) is 6.92 Å². The van der Waals surface area contributed by atoms with Crippen LogP contribution in [0.1, 0.15) is 27.2 Å². The van der Waals surface area contributed by atoms with E-state index in [4.69, 9.17) is 15.9 Å². The molecule has 6 atom stereocenters. The first-order valence-corrected chi connectivity index (χ1v) is 6.61. The molecule has 0 aliphatic heterocycles. The summed E-state index contributed by atoms with van der Waals surface area (Å²) in [5.74, 6) is -1.35. The molecule has 0 saturated heterocycles. The highest BCUT2D eigenvalue weighted by atomic mass is 16.5. The lowest BCUT2D eigenvalue weighted by atomic mass is 9.88. The van der Waals surface area contributed by atoms with E-state index < -0.39 is 42.6 Å². The van der Waals surface area contributed by atoms with Crippen molar-refractivity contribution < 1.29 is 25.5 Å². The number of nitrogens with one attached hydrogen (secondary N) is 1. The third-order valence-electron chi connectivity index (χ3n) is 3.47. The van der Waals surface area contributed by atoms with Crippen LogP contribution in [0.5, 0.6) is 0 Å². The van der Waals surface area contributed by atoms with E-state index in [-0.39, 0.29) is 6.54 Å². The van der Waals surface area contributed by atoms with Crippen LogP contribution in [0.15, 0.2) is 0 Å². The summed E-state index contributed by atoms with van der Waals surface area (Å²) >= 11 is 0. The Labute approximate surface area is 114 Å². The summed E-state index contributed by atoms with van der Waals surface area (Å²) in [4.78, 5) is 0. The van der Waals surface area contributed by atoms with Crippen LogP contribution in [0.25, 0.3) is 0 Å². The quantitative estimate of drug-likeness (QED) is 0.241. The number of aliphatic hydroxyl groups excluding tert-OH is 4. The predicted octanol–water partition coefficient (Wildman–Crippen LogP) is -2.06. The molecule has 0 aromatic heterocycles. The van der Waals surface area contributed by atoms with Crippen LogP contribution in [0, 0.1) is 11.8 Å². The van der Waals surface area contributed by atoms with E-state index in [0.29, 0.717) is 6.42 Å². The van der Waals surface area contributed by atoms with Crippen molar-refractivity contribution in [2.45, 2.75) is 58.0 Å². The third-order valence-corrected chi connectivity index (χ3v) is 3.47. The first-order valence-electron chi connectivity index (χ1n) is 6.61. The van der Waals surface area contributed by atoms with Crippen molar-refractivity contribution >= 4 is 0 Å². The van der Waals surface area contributed by atoms with Gasteiger partial charge in [-0.2, -0.15) is 0 Å². The zero-order valence-corrected chi connectivity index (χ0v) is 11.8. The smallest absolute Gasteiger partial charge is 0.156 e. The van der Waals surface area contributed by atoms with Crippen molar-refractivity contribution in [2.75, 3.05) is 6.54 Å². The lowest BCUT2D eigenvalue weighted by Crippen LogP contribution is -2.49. The van der Waals surface area contributed by atoms with Crippen LogP contribution in [0.4, 0.5) is 0 Å². The summed E-state index contributed by atoms with van der Waals surface area (Å²) in [6, 6.07) is -0.428. The van der Waals surface area contributed by atoms with Gasteiger partial charge in [0.05, 0.1) is 12.2 Å². The molecule has 6 unspecified atom stereocenters. The number of hydrogen-bond donors (Lipinski definition) is 7. The SMILES string of the molecule is CCC(C(O)NCC(O)C(C)N)C(O)C(C)C(O)O. The van der Waals surface area contributed by atoms with Gasteiger partial charge >= 0.3 is 0 Å². The average Bonchev–Trinajstić information content (AvgIpc) is 2.35. The van der Waals surface area contributed by atoms with Gasteiger partial charge in [0.15, 0.2) is 6.29 Å². The molecule has 19 heavy (non-hydrogen) atoms. The van der Waals surface area contributed by atoms with Gasteiger partial charge in [0.2, 0.25) is 0 Å². The summed E-state index contributed by atoms with van der Waals surface area (Å²) in [5, 5.41) is 50.2. The van der Waals surface area contributed by atoms with Crippen LogP contribution < -0.4 is 11.1 Å². The normalized spacial score (nSPS) is 21.8. The second kappa shape index (κ2) is 8.80. The predicted molar refractivity (Wildman–Crippen MR) is 70.8 cm³/mol. The minimum absolute atomic E-state index is 0.0954. The lowest BCUT2D eigenvalue weighted by molar-refractivity contribution is -0.135. The average molecular weight is 280 g/mol. The molecule has 0 heterocycles. The van der Waals surface area contributed by atoms with Crippen LogP contribution in [-0.4, -0.2) is 62.8 Å². The van der Waals surface area contributed by atoms with Gasteiger partial charge in [-0.15, -0.1) is 0 Å². The molecule has 0 saturated carbocycles. The monoisotopic (exact) mass is 280 g/mol. The van der Waals surface area contributed by atoms with Crippen molar-refractivity contribution in [2.24, 2.45) is 17.6 Å². The molecule has 0 bridgehead atoms. The fourth-order valence-corrected chi connectivity index (χ4v) is 1.80. The largest absolute Gasteiger partial charge is 0.392 e. The number of aliphatic hydroxyl groups is 5. The maximum Gasteiger partial charge on any atom is 0.156 e. The minimum Gasteiger partial charge on any atom is -0.392 e. The Balaban J connectivity index is 4.42. The fraction of sp³-hybridized carbons (Fsp3) is 1.00. The van der Waals surface area contributed by atoms with Gasteiger partial charge in [-0.1, -0.05) is 13.8 Å². The highest BCUT2D eigenvalue weighted by molar-refractivity contribution is 4.80. The Bertz CT molecular complexity index is 240. The molecule has 0 radical (unpaired) electrons. The molecule has 0 amide bonds. The standard InChI is InChI=1S/C12H28N2O5/c1-4-8(10(16)6(2)12(18)19)11(17)14-5-9(15)7(3)13/h6-12,14-19H,4-5,13H2,1-3H3. The van der Waals surface area contributed by atoms with Crippen molar-refractivity contribution in [3.8, 4) is 0 Å². The van der Waals surface area contributed by atoms with Gasteiger partial charge < -0.3 is 31.3 Å². The summed E-state index contributed by atoms with van der Waals surface area (Å²) in [7, 11) is 0. The van der Waals surface area contributed by atoms with Gasteiger partial charge in [0, 0.05) is 24.4 Å². The molecule has 0 rings (SSSR count). The topological polar surface area (TPSA) is 139 Å². The third kappa shape index (κ3) is 6.13. The van der Waals surface area contributed by atoms with E-state index in [2.05, 4.69) is 5.32 Å². The summed E-state index contributed by atoms with van der Waals surface area (Å²) in [5.41, 5.74) is 5.49. The first-order chi connectivity index (χ1) is 8.72. The molecule has 0 aliphatic rings. The van der Waals surface area contributed by atoms with Crippen molar-refractivity contribution in [3.05, 3.63) is 0 Å². The molecule has 0 aromatic carbocycles. The Morgan fingerprint density at radius 2 is 1.58 bits per heavy atom. The zero-order valence-electron chi connectivity index (χ0n) is 11.8. The number of hydrogen-bond acceptors (Lipinski definition) is 7. The molecule has 0 aliphatic carbocycles. The summed E-state index contributed by atoms with van der Waals surface area (Å²) in [6.45, 7) is 5.01. The van der Waals surface area contributed by atoms with Gasteiger partial charge in [0.1, 0.15) is 6.23 Å². The lowest BCUT2D eigenvalue weighted by Gasteiger charge is -2.32. The van der Waals surface area contributed by atoms with Gasteiger partial charge in [-0.25, -0.2) is 0 Å². The molecular formula is C12H28N2O5. The molecule has 0 fully saturated rings. The van der Waals surface area contributed by atoms with Crippen LogP contribution in [0.3, 0.4) is 0 Å². The van der Waals surface area contributed by atoms with Crippen molar-refractivity contribution in [1.29, 1.82) is 0 Å². The van der Waals surface area contributed by atoms with E-state index in [0.717, 1.165) is 0 Å². The highest BCUT2D eigenvalue weighted by Gasteiger charge is 2.32. The van der Waals surface area contributed by atoms with E-state index in [9.17, 15) is 15.3 Å². The van der Waals surface area contributed by atoms with Crippen molar-refractivity contribution in [1.82, 2.24) is 5.32 Å². The second-order valence-electron chi connectivity index (χ2n) is 5.11. The fourth-order valence-electron chi connectivity index (χ4n) is 1.80. The Morgan fingerprint density at radius 3 is 1.95 bits per heavy atom. The van der Waals surface area contributed by atoms with E-state index in [1.807, 2.05) is 0 Å². The first kappa shape index (κ1) is 18.7. The molecule has 0 aromatic rings. The highest BCUT2D eigenvalue weighted by Crippen LogP contribution is 2.21. The van der Waals surface area contributed by atoms with Gasteiger partial charge in [0.25, 0.3) is 0 Å². The molecule has 8 N–H and O–H groups in total. The zero-order chi connectivity index (χ0) is 15.2. The molecule has 7 heteroatoms. The van der Waals surface area contributed by atoms with E-state index in [1.54, 1.807) is 13.8 Å². The molecular weight excluding hydrogens is 252 g/mol. The Kier molecular flexibility index (Phi) is 8.67. The number of rotatable bonds is 9. The maximum absolute atomic E-state index is 9.99. The summed E-state index contributed by atoms with van der Waals surface area (Å²) in [6.07, 6.45) is -4.13. The van der Waals surface area contributed by atoms with Crippen molar-refractivity contribution in [3.63, 3.8) is 0 Å². The van der Waals surface area contributed by atoms with Crippen LogP contribution >= 0.6 is 0 Å². The molecule has 0 spiro atoms. The van der Waals surface area contributed by atoms with Crippen LogP contribution in [0.2, 0.25) is 0 Å². The Hall–Kier alpha value is -0.280. The summed E-state index contributed by atoms with van der Waals surface area (Å²) < 4.78 is 0. The van der Waals surface area contributed by atoms with Gasteiger partial charge in [-0.05, 0) is 13.3 Å². The molecule has 116 valence electrons. The van der Waals surface area contributed by atoms with E-state index >= 15 is 0 Å².